The van der Waals surface area contributed by atoms with Crippen molar-refractivity contribution >= 4 is 29.2 Å². The average Bonchev–Trinajstić information content (AvgIpc) is 2.61. The van der Waals surface area contributed by atoms with E-state index in [0.717, 1.165) is 0 Å². The van der Waals surface area contributed by atoms with Gasteiger partial charge in [0.05, 0.1) is 25.5 Å². The van der Waals surface area contributed by atoms with Gasteiger partial charge >= 0.3 is 5.97 Å². The first-order valence-electron chi connectivity index (χ1n) is 7.44. The van der Waals surface area contributed by atoms with Crippen LogP contribution in [0.15, 0.2) is 42.5 Å². The number of esters is 1. The third-order valence-electron chi connectivity index (χ3n) is 3.40. The molecule has 132 valence electrons. The normalized spacial score (nSPS) is 11.4. The monoisotopic (exact) mass is 363 g/mol. The van der Waals surface area contributed by atoms with Crippen molar-refractivity contribution < 1.29 is 23.8 Å². The number of benzene rings is 2. The molecule has 6 nitrogen and oxygen atoms in total. The molecule has 2 aromatic carbocycles. The Labute approximate surface area is 150 Å². The minimum Gasteiger partial charge on any atom is -0.497 e. The zero-order valence-corrected chi connectivity index (χ0v) is 14.8. The summed E-state index contributed by atoms with van der Waals surface area (Å²) in [6.07, 6.45) is -1.00. The largest absolute Gasteiger partial charge is 0.497 e. The second-order valence-electron chi connectivity index (χ2n) is 5.11. The zero-order chi connectivity index (χ0) is 18.4. The number of carbonyl (C=O) groups is 2. The van der Waals surface area contributed by atoms with Crippen molar-refractivity contribution in [1.29, 1.82) is 0 Å². The van der Waals surface area contributed by atoms with E-state index in [0.29, 0.717) is 27.8 Å². The van der Waals surface area contributed by atoms with E-state index < -0.39 is 18.0 Å². The fourth-order valence-electron chi connectivity index (χ4n) is 2.01. The van der Waals surface area contributed by atoms with Crippen LogP contribution in [0.3, 0.4) is 0 Å². The van der Waals surface area contributed by atoms with Crippen LogP contribution in [0.4, 0.5) is 5.69 Å². The van der Waals surface area contributed by atoms with Gasteiger partial charge in [0.15, 0.2) is 6.10 Å². The average molecular weight is 364 g/mol. The number of rotatable bonds is 6. The summed E-state index contributed by atoms with van der Waals surface area (Å²) in [5.74, 6) is -0.0851. The lowest BCUT2D eigenvalue weighted by Crippen LogP contribution is -2.30. The first-order valence-corrected chi connectivity index (χ1v) is 7.82. The standard InChI is InChI=1S/C18H18ClNO5/c1-11(25-18(22)12-4-6-13(19)7-5-12)17(21)20-15-10-14(23-2)8-9-16(15)24-3/h4-11H,1-3H3,(H,20,21)/t11-/m1/s1. The Morgan fingerprint density at radius 3 is 2.32 bits per heavy atom. The lowest BCUT2D eigenvalue weighted by molar-refractivity contribution is -0.123. The molecule has 25 heavy (non-hydrogen) atoms. The minimum absolute atomic E-state index is 0.308. The molecule has 0 aliphatic heterocycles. The Morgan fingerprint density at radius 1 is 1.04 bits per heavy atom. The molecule has 1 N–H and O–H groups in total. The Morgan fingerprint density at radius 2 is 1.72 bits per heavy atom. The third-order valence-corrected chi connectivity index (χ3v) is 3.65. The molecular formula is C18H18ClNO5. The van der Waals surface area contributed by atoms with E-state index in [1.54, 1.807) is 30.3 Å². The second kappa shape index (κ2) is 8.39. The molecule has 0 saturated carbocycles. The van der Waals surface area contributed by atoms with Crippen molar-refractivity contribution in [2.75, 3.05) is 19.5 Å². The molecule has 0 aliphatic rings. The van der Waals surface area contributed by atoms with Gasteiger partial charge in [0.1, 0.15) is 11.5 Å². The Kier molecular flexibility index (Phi) is 6.25. The molecule has 0 bridgehead atoms. The number of anilines is 1. The molecule has 0 radical (unpaired) electrons. The van der Waals surface area contributed by atoms with Gasteiger partial charge < -0.3 is 19.5 Å². The van der Waals surface area contributed by atoms with Crippen LogP contribution >= 0.6 is 11.6 Å². The minimum atomic E-state index is -1.00. The molecule has 0 saturated heterocycles. The Balaban J connectivity index is 2.05. The molecular weight excluding hydrogens is 346 g/mol. The summed E-state index contributed by atoms with van der Waals surface area (Å²) in [6, 6.07) is 11.2. The summed E-state index contributed by atoms with van der Waals surface area (Å²) in [5.41, 5.74) is 0.726. The molecule has 0 spiro atoms. The van der Waals surface area contributed by atoms with Gasteiger partial charge in [0.25, 0.3) is 5.91 Å². The van der Waals surface area contributed by atoms with Crippen LogP contribution in [0, 0.1) is 0 Å². The number of amides is 1. The summed E-state index contributed by atoms with van der Waals surface area (Å²) in [7, 11) is 3.01. The van der Waals surface area contributed by atoms with Crippen molar-refractivity contribution in [1.82, 2.24) is 0 Å². The topological polar surface area (TPSA) is 73.9 Å². The maximum atomic E-state index is 12.3. The van der Waals surface area contributed by atoms with E-state index >= 15 is 0 Å². The van der Waals surface area contributed by atoms with Crippen LogP contribution < -0.4 is 14.8 Å². The number of methoxy groups -OCH3 is 2. The highest BCUT2D eigenvalue weighted by molar-refractivity contribution is 6.30. The maximum absolute atomic E-state index is 12.3. The van der Waals surface area contributed by atoms with Crippen LogP contribution in [0.1, 0.15) is 17.3 Å². The first-order chi connectivity index (χ1) is 11.9. The van der Waals surface area contributed by atoms with Crippen LogP contribution in [-0.4, -0.2) is 32.2 Å². The van der Waals surface area contributed by atoms with Gasteiger partial charge in [-0.25, -0.2) is 4.79 Å². The number of nitrogens with one attached hydrogen (secondary N) is 1. The smallest absolute Gasteiger partial charge is 0.338 e. The maximum Gasteiger partial charge on any atom is 0.338 e. The van der Waals surface area contributed by atoms with Gasteiger partial charge in [-0.1, -0.05) is 11.6 Å². The van der Waals surface area contributed by atoms with Crippen molar-refractivity contribution in [3.63, 3.8) is 0 Å². The Bertz CT molecular complexity index is 761. The third kappa shape index (κ3) is 4.87. The highest BCUT2D eigenvalue weighted by Crippen LogP contribution is 2.29. The molecule has 2 rings (SSSR count). The fourth-order valence-corrected chi connectivity index (χ4v) is 2.14. The number of halogens is 1. The van der Waals surface area contributed by atoms with Crippen molar-refractivity contribution in [3.8, 4) is 11.5 Å². The van der Waals surface area contributed by atoms with Gasteiger partial charge in [-0.15, -0.1) is 0 Å². The van der Waals surface area contributed by atoms with Gasteiger partial charge in [-0.3, -0.25) is 4.79 Å². The van der Waals surface area contributed by atoms with Gasteiger partial charge in [-0.2, -0.15) is 0 Å². The molecule has 1 amide bonds. The highest BCUT2D eigenvalue weighted by atomic mass is 35.5. The van der Waals surface area contributed by atoms with Crippen LogP contribution in [0.5, 0.6) is 11.5 Å². The SMILES string of the molecule is COc1ccc(OC)c(NC(=O)[C@@H](C)OC(=O)c2ccc(Cl)cc2)c1. The van der Waals surface area contributed by atoms with Crippen LogP contribution in [-0.2, 0) is 9.53 Å². The molecule has 0 aromatic heterocycles. The number of hydrogen-bond acceptors (Lipinski definition) is 5. The molecule has 0 unspecified atom stereocenters. The zero-order valence-electron chi connectivity index (χ0n) is 14.0. The lowest BCUT2D eigenvalue weighted by Gasteiger charge is -2.16. The van der Waals surface area contributed by atoms with E-state index in [1.165, 1.54) is 33.3 Å². The molecule has 0 aliphatic carbocycles. The van der Waals surface area contributed by atoms with Gasteiger partial charge in [0.2, 0.25) is 0 Å². The Hall–Kier alpha value is -2.73. The van der Waals surface area contributed by atoms with Crippen LogP contribution in [0.25, 0.3) is 0 Å². The highest BCUT2D eigenvalue weighted by Gasteiger charge is 2.20. The predicted octanol–water partition coefficient (Wildman–Crippen LogP) is 3.54. The number of hydrogen-bond donors (Lipinski definition) is 1. The lowest BCUT2D eigenvalue weighted by atomic mass is 10.2. The van der Waals surface area contributed by atoms with E-state index in [4.69, 9.17) is 25.8 Å². The summed E-state index contributed by atoms with van der Waals surface area (Å²) in [5, 5.41) is 3.17. The fraction of sp³-hybridized carbons (Fsp3) is 0.222. The summed E-state index contributed by atoms with van der Waals surface area (Å²) < 4.78 is 15.5. The first kappa shape index (κ1) is 18.6. The van der Waals surface area contributed by atoms with Gasteiger partial charge in [0, 0.05) is 11.1 Å². The van der Waals surface area contributed by atoms with E-state index in [1.807, 2.05) is 0 Å². The van der Waals surface area contributed by atoms with Crippen LogP contribution in [0.2, 0.25) is 5.02 Å². The molecule has 2 aromatic rings. The van der Waals surface area contributed by atoms with Gasteiger partial charge in [-0.05, 0) is 43.3 Å². The van der Waals surface area contributed by atoms with Crippen molar-refractivity contribution in [3.05, 3.63) is 53.1 Å². The summed E-state index contributed by atoms with van der Waals surface area (Å²) in [4.78, 5) is 24.4. The van der Waals surface area contributed by atoms with E-state index in [9.17, 15) is 9.59 Å². The van der Waals surface area contributed by atoms with Crippen molar-refractivity contribution in [2.24, 2.45) is 0 Å². The van der Waals surface area contributed by atoms with E-state index in [-0.39, 0.29) is 0 Å². The molecule has 7 heteroatoms. The van der Waals surface area contributed by atoms with Crippen molar-refractivity contribution in [2.45, 2.75) is 13.0 Å². The summed E-state index contributed by atoms with van der Waals surface area (Å²) >= 11 is 5.78. The molecule has 1 atom stereocenters. The quantitative estimate of drug-likeness (QED) is 0.794. The number of ether oxygens (including phenoxy) is 3. The predicted molar refractivity (Wildman–Crippen MR) is 94.5 cm³/mol. The summed E-state index contributed by atoms with van der Waals surface area (Å²) in [6.45, 7) is 1.48. The number of carbonyl (C=O) groups excluding carboxylic acids is 2. The van der Waals surface area contributed by atoms with E-state index in [2.05, 4.69) is 5.32 Å². The molecule has 0 fully saturated rings. The molecule has 0 heterocycles. The second-order valence-corrected chi connectivity index (χ2v) is 5.55.